The van der Waals surface area contributed by atoms with Crippen LogP contribution in [0.4, 0.5) is 4.39 Å². The minimum atomic E-state index is -1.55. The van der Waals surface area contributed by atoms with Gasteiger partial charge in [0, 0.05) is 36.3 Å². The number of likely N-dealkylation sites (N-methyl/N-ethyl adjacent to an activating group) is 1. The number of benzene rings is 3. The average molecular weight is 709 g/mol. The fourth-order valence-electron chi connectivity index (χ4n) is 5.07. The smallest absolute Gasteiger partial charge is 0.338 e. The van der Waals surface area contributed by atoms with E-state index >= 15 is 0 Å². The summed E-state index contributed by atoms with van der Waals surface area (Å²) >= 11 is 0. The number of carboxylic acids is 1. The van der Waals surface area contributed by atoms with Crippen molar-refractivity contribution in [2.75, 3.05) is 26.7 Å². The molecule has 0 radical (unpaired) electrons. The molecule has 4 atom stereocenters. The summed E-state index contributed by atoms with van der Waals surface area (Å²) in [6.07, 6.45) is 1.81. The number of aryl methyl sites for hydroxylation is 1. The number of carbonyl (C=O) groups excluding carboxylic acids is 1. The van der Waals surface area contributed by atoms with Crippen LogP contribution in [0.15, 0.2) is 66.7 Å². The molecule has 3 aromatic rings. The molecule has 0 aliphatic heterocycles. The highest BCUT2D eigenvalue weighted by Gasteiger charge is 2.29. The molecule has 10 nitrogen and oxygen atoms in total. The second-order valence-corrected chi connectivity index (χ2v) is 12.4. The number of rotatable bonds is 18. The van der Waals surface area contributed by atoms with Crippen molar-refractivity contribution < 1.29 is 44.6 Å². The van der Waals surface area contributed by atoms with Crippen molar-refractivity contribution in [2.24, 2.45) is 0 Å². The summed E-state index contributed by atoms with van der Waals surface area (Å²) in [7, 11) is 1.57. The zero-order valence-electron chi connectivity index (χ0n) is 29.8. The van der Waals surface area contributed by atoms with Gasteiger partial charge in [0.1, 0.15) is 24.1 Å². The lowest BCUT2D eigenvalue weighted by Gasteiger charge is -2.25. The molecule has 11 heteroatoms. The van der Waals surface area contributed by atoms with Crippen LogP contribution in [-0.2, 0) is 13.0 Å². The quantitative estimate of drug-likeness (QED) is 0.0759. The first kappa shape index (κ1) is 43.0. The maximum atomic E-state index is 13.9. The van der Waals surface area contributed by atoms with E-state index in [1.807, 2.05) is 24.3 Å². The molecule has 0 saturated heterocycles. The zero-order valence-corrected chi connectivity index (χ0v) is 29.8. The van der Waals surface area contributed by atoms with Crippen molar-refractivity contribution in [1.29, 1.82) is 0 Å². The first-order chi connectivity index (χ1) is 24.4. The van der Waals surface area contributed by atoms with Gasteiger partial charge in [0.05, 0.1) is 18.3 Å². The van der Waals surface area contributed by atoms with E-state index in [0.717, 1.165) is 60.9 Å². The molecule has 0 unspecified atom stereocenters. The predicted molar refractivity (Wildman–Crippen MR) is 195 cm³/mol. The number of nitrogens with zero attached hydrogens (tertiary/aromatic N) is 1. The Balaban J connectivity index is 0.000000588. The van der Waals surface area contributed by atoms with Crippen molar-refractivity contribution in [3.8, 4) is 11.8 Å². The largest absolute Gasteiger partial charge is 0.478 e. The van der Waals surface area contributed by atoms with E-state index in [4.69, 9.17) is 20.4 Å². The fraction of sp³-hybridized carbons (Fsp3) is 0.450. The molecule has 0 heterocycles. The number of carbonyl (C=O) groups is 2. The van der Waals surface area contributed by atoms with E-state index in [2.05, 4.69) is 55.3 Å². The van der Waals surface area contributed by atoms with E-state index in [1.165, 1.54) is 24.5 Å². The Hall–Kier alpha value is -4.15. The molecule has 0 bridgehead atoms. The number of aliphatic hydroxyl groups excluding tert-OH is 5. The first-order valence-corrected chi connectivity index (χ1v) is 17.4. The second kappa shape index (κ2) is 23.3. The van der Waals surface area contributed by atoms with Crippen LogP contribution in [0.2, 0.25) is 0 Å². The van der Waals surface area contributed by atoms with E-state index in [9.17, 15) is 24.2 Å². The molecule has 0 aromatic heterocycles. The van der Waals surface area contributed by atoms with Crippen LogP contribution in [0.3, 0.4) is 0 Å². The monoisotopic (exact) mass is 708 g/mol. The highest BCUT2D eigenvalue weighted by molar-refractivity contribution is 5.97. The lowest BCUT2D eigenvalue weighted by Crippen LogP contribution is -2.48. The molecule has 3 aromatic carbocycles. The summed E-state index contributed by atoms with van der Waals surface area (Å²) in [6.45, 7) is 4.66. The number of hydrogen-bond donors (Lipinski definition) is 7. The van der Waals surface area contributed by atoms with Gasteiger partial charge in [0.2, 0.25) is 0 Å². The van der Waals surface area contributed by atoms with Gasteiger partial charge in [-0.2, -0.15) is 0 Å². The van der Waals surface area contributed by atoms with E-state index in [0.29, 0.717) is 13.1 Å². The third-order valence-corrected chi connectivity index (χ3v) is 8.20. The van der Waals surface area contributed by atoms with Crippen molar-refractivity contribution >= 4 is 11.9 Å². The maximum Gasteiger partial charge on any atom is 0.338 e. The lowest BCUT2D eigenvalue weighted by atomic mass is 10.0. The van der Waals surface area contributed by atoms with Crippen molar-refractivity contribution in [2.45, 2.75) is 89.8 Å². The number of halogens is 1. The van der Waals surface area contributed by atoms with E-state index < -0.39 is 48.4 Å². The summed E-state index contributed by atoms with van der Waals surface area (Å²) in [5.41, 5.74) is 3.80. The van der Waals surface area contributed by atoms with Gasteiger partial charge in [-0.1, -0.05) is 75.6 Å². The molecular formula is C40H53FN2O8. The number of unbranched alkanes of at least 4 members (excludes halogenated alkanes) is 4. The number of carboxylic acid groups (broad SMARTS) is 1. The number of nitrogens with one attached hydrogen (secondary N) is 1. The second-order valence-electron chi connectivity index (χ2n) is 12.4. The third kappa shape index (κ3) is 14.9. The van der Waals surface area contributed by atoms with Gasteiger partial charge < -0.3 is 40.9 Å². The Kier molecular flexibility index (Phi) is 19.7. The van der Waals surface area contributed by atoms with Gasteiger partial charge in [0.15, 0.2) is 0 Å². The van der Waals surface area contributed by atoms with Gasteiger partial charge in [-0.3, -0.25) is 4.79 Å². The summed E-state index contributed by atoms with van der Waals surface area (Å²) < 4.78 is 13.9. The Morgan fingerprint density at radius 1 is 0.784 bits per heavy atom. The molecule has 0 aliphatic rings. The lowest BCUT2D eigenvalue weighted by molar-refractivity contribution is -0.113. The van der Waals surface area contributed by atoms with Gasteiger partial charge >= 0.3 is 5.97 Å². The summed E-state index contributed by atoms with van der Waals surface area (Å²) in [6, 6.07) is 19.7. The van der Waals surface area contributed by atoms with Gasteiger partial charge in [-0.05, 0) is 79.9 Å². The molecule has 0 aliphatic carbocycles. The van der Waals surface area contributed by atoms with Crippen molar-refractivity contribution in [1.82, 2.24) is 10.2 Å². The first-order valence-electron chi connectivity index (χ1n) is 17.4. The summed E-state index contributed by atoms with van der Waals surface area (Å²) in [4.78, 5) is 26.4. The van der Waals surface area contributed by atoms with Crippen LogP contribution in [0.25, 0.3) is 0 Å². The Morgan fingerprint density at radius 2 is 1.35 bits per heavy atom. The van der Waals surface area contributed by atoms with E-state index in [-0.39, 0.29) is 18.0 Å². The van der Waals surface area contributed by atoms with Gasteiger partial charge in [-0.15, -0.1) is 0 Å². The number of amides is 1. The van der Waals surface area contributed by atoms with Crippen LogP contribution in [0.5, 0.6) is 0 Å². The SMILES string of the molecule is CCCCCCN(Cc1ccc(C#Cc2ccc(CCCC)cc2)cc1)C(=O)c1ccc(F)c(C(=O)O)c1.CNC[C@H](O)[C@@H](O)[C@H](O)[C@H](O)CO. The molecule has 7 N–H and O–H groups in total. The van der Waals surface area contributed by atoms with Crippen LogP contribution in [-0.4, -0.2) is 98.6 Å². The molecule has 0 spiro atoms. The van der Waals surface area contributed by atoms with Crippen molar-refractivity contribution in [3.63, 3.8) is 0 Å². The topological polar surface area (TPSA) is 171 Å². The van der Waals surface area contributed by atoms with Crippen LogP contribution >= 0.6 is 0 Å². The van der Waals surface area contributed by atoms with Gasteiger partial charge in [-0.25, -0.2) is 9.18 Å². The minimum Gasteiger partial charge on any atom is -0.478 e. The molecule has 0 saturated carbocycles. The molecule has 1 amide bonds. The highest BCUT2D eigenvalue weighted by Crippen LogP contribution is 2.17. The Labute approximate surface area is 300 Å². The molecule has 278 valence electrons. The van der Waals surface area contributed by atoms with Gasteiger partial charge in [0.25, 0.3) is 5.91 Å². The third-order valence-electron chi connectivity index (χ3n) is 8.20. The minimum absolute atomic E-state index is 0.0936. The molecular weight excluding hydrogens is 655 g/mol. The number of hydrogen-bond acceptors (Lipinski definition) is 8. The van der Waals surface area contributed by atoms with Crippen LogP contribution < -0.4 is 5.32 Å². The number of aliphatic hydroxyl groups is 5. The summed E-state index contributed by atoms with van der Waals surface area (Å²) in [5, 5.41) is 56.7. The zero-order chi connectivity index (χ0) is 37.8. The maximum absolute atomic E-state index is 13.9. The molecule has 3 rings (SSSR count). The Morgan fingerprint density at radius 3 is 1.88 bits per heavy atom. The number of aromatic carboxylic acids is 1. The van der Waals surface area contributed by atoms with E-state index in [1.54, 1.807) is 11.9 Å². The predicted octanol–water partition coefficient (Wildman–Crippen LogP) is 4.13. The van der Waals surface area contributed by atoms with Crippen molar-refractivity contribution in [3.05, 3.63) is 106 Å². The normalized spacial score (nSPS) is 13.1. The molecule has 0 fully saturated rings. The molecule has 51 heavy (non-hydrogen) atoms. The highest BCUT2D eigenvalue weighted by atomic mass is 19.1. The summed E-state index contributed by atoms with van der Waals surface area (Å²) in [5.74, 6) is 3.85. The van der Waals surface area contributed by atoms with Crippen LogP contribution in [0, 0.1) is 17.7 Å². The fourth-order valence-corrected chi connectivity index (χ4v) is 5.07. The standard InChI is InChI=1S/C33H36FNO3.C7H17NO5/c1-3-5-7-8-22-35(32(36)29-20-21-31(34)30(23-29)33(37)38)24-28-18-16-27(17-19-28)15-14-26-12-10-25(11-13-26)9-6-4-2;1-8-2-4(10)6(12)7(13)5(11)3-9/h10-13,16-21,23H,3-9,22,24H2,1-2H3,(H,37,38);4-13H,2-3H2,1H3/t;4-,5+,6+,7+/m.0/s1. The Bertz CT molecular complexity index is 1540. The average Bonchev–Trinajstić information content (AvgIpc) is 3.14. The van der Waals surface area contributed by atoms with Crippen LogP contribution in [0.1, 0.15) is 95.3 Å².